The Morgan fingerprint density at radius 1 is 1.29 bits per heavy atom. The number of rotatable bonds is 3. The summed E-state index contributed by atoms with van der Waals surface area (Å²) in [5.41, 5.74) is 3.97. The van der Waals surface area contributed by atoms with Gasteiger partial charge in [-0.05, 0) is 42.9 Å². The third-order valence-electron chi connectivity index (χ3n) is 4.25. The highest BCUT2D eigenvalue weighted by atomic mass is 35.5. The fourth-order valence-electron chi connectivity index (χ4n) is 2.93. The molecule has 2 heterocycles. The number of hydrogen-bond donors (Lipinski definition) is 2. The van der Waals surface area contributed by atoms with Crippen LogP contribution in [-0.4, -0.2) is 21.6 Å². The molecule has 2 N–H and O–H groups in total. The zero-order chi connectivity index (χ0) is 20.0. The molecule has 0 fully saturated rings. The minimum absolute atomic E-state index is 0.185. The molecule has 0 bridgehead atoms. The van der Waals surface area contributed by atoms with Gasteiger partial charge in [-0.2, -0.15) is 4.68 Å². The third kappa shape index (κ3) is 3.05. The minimum Gasteiger partial charge on any atom is -0.492 e. The van der Waals surface area contributed by atoms with E-state index >= 15 is 0 Å². The maximum atomic E-state index is 12.5. The lowest BCUT2D eigenvalue weighted by Crippen LogP contribution is -2.25. The molecule has 0 unspecified atom stereocenters. The molecule has 2 amide bonds. The summed E-state index contributed by atoms with van der Waals surface area (Å²) < 4.78 is 1.26. The maximum absolute atomic E-state index is 12.5. The SMILES string of the molecule is Cc1cccc2c1=NC(=O)C=2c1sc(=S)n(NC(=O)c2cccc(Cl)c2)c1O. The molecule has 0 radical (unpaired) electrons. The molecule has 0 saturated carbocycles. The number of nitrogens with one attached hydrogen (secondary N) is 1. The van der Waals surface area contributed by atoms with E-state index in [0.29, 0.717) is 21.2 Å². The van der Waals surface area contributed by atoms with Crippen LogP contribution in [0.4, 0.5) is 0 Å². The number of halogens is 1. The molecule has 1 aliphatic heterocycles. The van der Waals surface area contributed by atoms with Crippen LogP contribution >= 0.6 is 35.2 Å². The van der Waals surface area contributed by atoms with Gasteiger partial charge in [-0.3, -0.25) is 15.0 Å². The van der Waals surface area contributed by atoms with Crippen molar-refractivity contribution in [2.24, 2.45) is 4.99 Å². The Morgan fingerprint density at radius 3 is 2.79 bits per heavy atom. The van der Waals surface area contributed by atoms with Gasteiger partial charge in [0, 0.05) is 15.8 Å². The van der Waals surface area contributed by atoms with Gasteiger partial charge in [0.1, 0.15) is 4.88 Å². The molecule has 1 aromatic heterocycles. The van der Waals surface area contributed by atoms with Gasteiger partial charge in [0.25, 0.3) is 11.8 Å². The number of aryl methyl sites for hydroxylation is 1. The van der Waals surface area contributed by atoms with Crippen LogP contribution < -0.4 is 16.0 Å². The van der Waals surface area contributed by atoms with Crippen LogP contribution in [0.25, 0.3) is 5.57 Å². The summed E-state index contributed by atoms with van der Waals surface area (Å²) in [6.45, 7) is 1.86. The van der Waals surface area contributed by atoms with E-state index in [2.05, 4.69) is 10.4 Å². The van der Waals surface area contributed by atoms with Crippen molar-refractivity contribution in [1.29, 1.82) is 0 Å². The predicted molar refractivity (Wildman–Crippen MR) is 109 cm³/mol. The fraction of sp³-hybridized carbons (Fsp3) is 0.0526. The summed E-state index contributed by atoms with van der Waals surface area (Å²) >= 11 is 12.2. The number of carbonyl (C=O) groups is 2. The zero-order valence-corrected chi connectivity index (χ0v) is 16.8. The summed E-state index contributed by atoms with van der Waals surface area (Å²) in [6, 6.07) is 11.8. The van der Waals surface area contributed by atoms with Crippen LogP contribution in [0.1, 0.15) is 20.8 Å². The van der Waals surface area contributed by atoms with E-state index in [1.165, 1.54) is 6.07 Å². The van der Waals surface area contributed by atoms with E-state index in [1.807, 2.05) is 19.1 Å². The van der Waals surface area contributed by atoms with Gasteiger partial charge in [0.05, 0.1) is 10.9 Å². The van der Waals surface area contributed by atoms with Gasteiger partial charge in [-0.1, -0.05) is 47.2 Å². The monoisotopic (exact) mass is 429 g/mol. The van der Waals surface area contributed by atoms with Crippen molar-refractivity contribution in [3.05, 3.63) is 78.0 Å². The van der Waals surface area contributed by atoms with E-state index in [-0.39, 0.29) is 20.3 Å². The molecule has 140 valence electrons. The number of hydrogen-bond acceptors (Lipinski definition) is 5. The molecule has 2 aromatic carbocycles. The lowest BCUT2D eigenvalue weighted by atomic mass is 10.1. The number of fused-ring (bicyclic) bond motifs is 1. The Balaban J connectivity index is 1.80. The van der Waals surface area contributed by atoms with Crippen LogP contribution in [-0.2, 0) is 4.79 Å². The number of aromatic hydroxyl groups is 1. The molecule has 0 spiro atoms. The topological polar surface area (TPSA) is 83.7 Å². The number of benzene rings is 2. The van der Waals surface area contributed by atoms with Crippen molar-refractivity contribution in [2.45, 2.75) is 6.92 Å². The molecule has 1 aliphatic rings. The quantitative estimate of drug-likeness (QED) is 0.627. The van der Waals surface area contributed by atoms with E-state index in [1.54, 1.807) is 24.3 Å². The lowest BCUT2D eigenvalue weighted by molar-refractivity contribution is -0.112. The minimum atomic E-state index is -0.498. The smallest absolute Gasteiger partial charge is 0.279 e. The maximum Gasteiger partial charge on any atom is 0.279 e. The molecule has 3 aromatic rings. The molecular formula is C19H12ClN3O3S2. The number of aromatic nitrogens is 1. The summed E-state index contributed by atoms with van der Waals surface area (Å²) in [6.07, 6.45) is 0. The first-order chi connectivity index (χ1) is 13.4. The Bertz CT molecular complexity index is 1340. The average molecular weight is 430 g/mol. The average Bonchev–Trinajstić information content (AvgIpc) is 3.13. The molecule has 0 aliphatic carbocycles. The standard InChI is InChI=1S/C19H12ClN3O3S2/c1-9-4-2-7-12-13(17(25)21-14(9)12)15-18(26)23(19(27)28-15)22-16(24)10-5-3-6-11(20)8-10/h2-8,26H,1H3,(H,22,24). The van der Waals surface area contributed by atoms with E-state index in [0.717, 1.165) is 21.6 Å². The first-order valence-electron chi connectivity index (χ1n) is 8.12. The Labute approximate surface area is 173 Å². The van der Waals surface area contributed by atoms with Crippen LogP contribution in [0.2, 0.25) is 5.02 Å². The highest BCUT2D eigenvalue weighted by Gasteiger charge is 2.26. The number of carbonyl (C=O) groups excluding carboxylic acids is 2. The summed E-state index contributed by atoms with van der Waals surface area (Å²) in [5, 5.41) is 12.3. The van der Waals surface area contributed by atoms with Crippen molar-refractivity contribution < 1.29 is 14.7 Å². The summed E-state index contributed by atoms with van der Waals surface area (Å²) in [4.78, 5) is 29.3. The second-order valence-electron chi connectivity index (χ2n) is 6.07. The van der Waals surface area contributed by atoms with Crippen LogP contribution in [0, 0.1) is 10.9 Å². The van der Waals surface area contributed by atoms with Gasteiger partial charge >= 0.3 is 0 Å². The van der Waals surface area contributed by atoms with Gasteiger partial charge in [-0.25, -0.2) is 4.99 Å². The Kier molecular flexibility index (Phi) is 4.62. The number of nitrogens with zero attached hydrogens (tertiary/aromatic N) is 2. The van der Waals surface area contributed by atoms with Crippen molar-refractivity contribution >= 4 is 52.5 Å². The van der Waals surface area contributed by atoms with Gasteiger partial charge < -0.3 is 5.11 Å². The van der Waals surface area contributed by atoms with Crippen LogP contribution in [0.5, 0.6) is 5.88 Å². The number of para-hydroxylation sites is 1. The van der Waals surface area contributed by atoms with E-state index in [9.17, 15) is 14.7 Å². The molecule has 6 nitrogen and oxygen atoms in total. The van der Waals surface area contributed by atoms with Crippen LogP contribution in [0.15, 0.2) is 47.5 Å². The zero-order valence-electron chi connectivity index (χ0n) is 14.4. The van der Waals surface area contributed by atoms with Gasteiger partial charge in [0.2, 0.25) is 5.88 Å². The Hall–Kier alpha value is -2.81. The predicted octanol–water partition coefficient (Wildman–Crippen LogP) is 2.69. The first kappa shape index (κ1) is 18.5. The summed E-state index contributed by atoms with van der Waals surface area (Å²) in [5.74, 6) is -1.27. The second-order valence-corrected chi connectivity index (χ2v) is 8.15. The molecule has 4 rings (SSSR count). The molecule has 0 saturated heterocycles. The van der Waals surface area contributed by atoms with Crippen molar-refractivity contribution in [1.82, 2.24) is 4.68 Å². The van der Waals surface area contributed by atoms with Gasteiger partial charge in [-0.15, -0.1) is 0 Å². The highest BCUT2D eigenvalue weighted by Crippen LogP contribution is 2.32. The van der Waals surface area contributed by atoms with Gasteiger partial charge in [0.15, 0.2) is 3.95 Å². The molecule has 0 atom stereocenters. The highest BCUT2D eigenvalue weighted by molar-refractivity contribution is 7.73. The largest absolute Gasteiger partial charge is 0.492 e. The molecule has 28 heavy (non-hydrogen) atoms. The van der Waals surface area contributed by atoms with E-state index in [4.69, 9.17) is 23.8 Å². The second kappa shape index (κ2) is 6.97. The summed E-state index contributed by atoms with van der Waals surface area (Å²) in [7, 11) is 0. The lowest BCUT2D eigenvalue weighted by Gasteiger charge is -2.08. The number of thiazole rings is 1. The molecule has 9 heteroatoms. The van der Waals surface area contributed by atoms with Crippen molar-refractivity contribution in [3.8, 4) is 5.88 Å². The van der Waals surface area contributed by atoms with Crippen molar-refractivity contribution in [3.63, 3.8) is 0 Å². The van der Waals surface area contributed by atoms with E-state index < -0.39 is 11.8 Å². The third-order valence-corrected chi connectivity index (χ3v) is 5.86. The van der Waals surface area contributed by atoms with Crippen molar-refractivity contribution in [2.75, 3.05) is 5.43 Å². The Morgan fingerprint density at radius 2 is 2.04 bits per heavy atom. The number of amides is 2. The molecular weight excluding hydrogens is 418 g/mol. The normalized spacial score (nSPS) is 12.6. The van der Waals surface area contributed by atoms with Crippen LogP contribution in [0.3, 0.4) is 0 Å². The first-order valence-corrected chi connectivity index (χ1v) is 9.72. The fourth-order valence-corrected chi connectivity index (χ4v) is 4.38.